The molecule has 0 aliphatic carbocycles. The van der Waals surface area contributed by atoms with Crippen LogP contribution in [0.25, 0.3) is 0 Å². The summed E-state index contributed by atoms with van der Waals surface area (Å²) in [5.74, 6) is -5.81. The minimum atomic E-state index is -1.57. The number of carboxylic acid groups (broad SMARTS) is 2. The minimum absolute atomic E-state index is 0.145. The lowest BCUT2D eigenvalue weighted by molar-refractivity contribution is -0.143. The second-order valence-electron chi connectivity index (χ2n) is 7.84. The topological polar surface area (TPSA) is 234 Å². The van der Waals surface area contributed by atoms with Crippen molar-refractivity contribution in [1.82, 2.24) is 16.0 Å². The lowest BCUT2D eigenvalue weighted by Gasteiger charge is -2.27. The van der Waals surface area contributed by atoms with Gasteiger partial charge in [0, 0.05) is 0 Å². The van der Waals surface area contributed by atoms with Crippen LogP contribution in [0.2, 0.25) is 0 Å². The fourth-order valence-corrected chi connectivity index (χ4v) is 2.67. The fourth-order valence-electron chi connectivity index (χ4n) is 2.67. The van der Waals surface area contributed by atoms with Gasteiger partial charge in [0.2, 0.25) is 17.7 Å². The maximum absolute atomic E-state index is 12.7. The van der Waals surface area contributed by atoms with Gasteiger partial charge in [-0.1, -0.05) is 13.8 Å². The molecule has 0 radical (unpaired) electrons. The molecule has 0 aromatic rings. The average Bonchev–Trinajstić information content (AvgIpc) is 2.68. The van der Waals surface area contributed by atoms with Gasteiger partial charge < -0.3 is 42.7 Å². The zero-order valence-electron chi connectivity index (χ0n) is 18.5. The Morgan fingerprint density at radius 3 is 1.84 bits per heavy atom. The zero-order valence-corrected chi connectivity index (χ0v) is 18.5. The number of aliphatic hydroxyl groups is 1. The summed E-state index contributed by atoms with van der Waals surface area (Å²) >= 11 is 0. The standard InChI is InChI=1S/C19H35N5O8/c1-9(2)15(18(30)22-11(19(31)32)6-4-5-7-20)24-16(28)12(8-13(26)27)23-17(29)14(21)10(3)25/h9-12,14-15,25H,4-8,20-21H2,1-3H3,(H,22,30)(H,23,29)(H,24,28)(H,26,27)(H,31,32). The smallest absolute Gasteiger partial charge is 0.326 e. The molecule has 0 heterocycles. The lowest BCUT2D eigenvalue weighted by Crippen LogP contribution is -2.59. The van der Waals surface area contributed by atoms with Crippen LogP contribution in [0.1, 0.15) is 46.5 Å². The monoisotopic (exact) mass is 461 g/mol. The van der Waals surface area contributed by atoms with Crippen LogP contribution in [0.15, 0.2) is 0 Å². The summed E-state index contributed by atoms with van der Waals surface area (Å²) in [4.78, 5) is 59.9. The molecule has 0 fully saturated rings. The third kappa shape index (κ3) is 10.5. The molecule has 0 rings (SSSR count). The van der Waals surface area contributed by atoms with E-state index in [9.17, 15) is 34.2 Å². The molecule has 0 bridgehead atoms. The first-order chi connectivity index (χ1) is 14.8. The molecule has 0 aromatic carbocycles. The molecule has 32 heavy (non-hydrogen) atoms. The normalized spacial score (nSPS) is 15.7. The SMILES string of the molecule is CC(C)C(NC(=O)C(CC(=O)O)NC(=O)C(N)C(C)O)C(=O)NC(CCCCN)C(=O)O. The van der Waals surface area contributed by atoms with Crippen molar-refractivity contribution >= 4 is 29.7 Å². The Balaban J connectivity index is 5.39. The van der Waals surface area contributed by atoms with E-state index in [2.05, 4.69) is 16.0 Å². The second-order valence-corrected chi connectivity index (χ2v) is 7.84. The summed E-state index contributed by atoms with van der Waals surface area (Å²) in [7, 11) is 0. The van der Waals surface area contributed by atoms with Gasteiger partial charge in [-0.15, -0.1) is 0 Å². The molecule has 0 aliphatic heterocycles. The van der Waals surface area contributed by atoms with Crippen LogP contribution in [0, 0.1) is 5.92 Å². The van der Waals surface area contributed by atoms with Crippen molar-refractivity contribution in [2.75, 3.05) is 6.54 Å². The molecule has 5 unspecified atom stereocenters. The maximum atomic E-state index is 12.7. The molecule has 184 valence electrons. The highest BCUT2D eigenvalue weighted by molar-refractivity contribution is 5.95. The van der Waals surface area contributed by atoms with Crippen LogP contribution >= 0.6 is 0 Å². The van der Waals surface area contributed by atoms with Gasteiger partial charge in [0.1, 0.15) is 24.2 Å². The average molecular weight is 462 g/mol. The molecule has 3 amide bonds. The first-order valence-electron chi connectivity index (χ1n) is 10.3. The van der Waals surface area contributed by atoms with Crippen molar-refractivity contribution in [3.8, 4) is 0 Å². The van der Waals surface area contributed by atoms with Crippen molar-refractivity contribution < 1.29 is 39.3 Å². The molecule has 0 aliphatic rings. The quantitative estimate of drug-likeness (QED) is 0.119. The van der Waals surface area contributed by atoms with Crippen molar-refractivity contribution in [2.45, 2.75) is 76.7 Å². The summed E-state index contributed by atoms with van der Waals surface area (Å²) in [5.41, 5.74) is 10.9. The first-order valence-corrected chi connectivity index (χ1v) is 10.3. The third-order valence-electron chi connectivity index (χ3n) is 4.64. The van der Waals surface area contributed by atoms with Gasteiger partial charge in [0.05, 0.1) is 12.5 Å². The van der Waals surface area contributed by atoms with Crippen LogP contribution in [-0.4, -0.2) is 81.8 Å². The second kappa shape index (κ2) is 14.3. The van der Waals surface area contributed by atoms with E-state index in [1.165, 1.54) is 6.92 Å². The van der Waals surface area contributed by atoms with E-state index in [-0.39, 0.29) is 6.42 Å². The number of carboxylic acids is 2. The van der Waals surface area contributed by atoms with Crippen LogP contribution < -0.4 is 27.4 Å². The molecule has 10 N–H and O–H groups in total. The molecule has 0 saturated carbocycles. The number of unbranched alkanes of at least 4 members (excludes halogenated alkanes) is 1. The van der Waals surface area contributed by atoms with Gasteiger partial charge in [0.15, 0.2) is 0 Å². The minimum Gasteiger partial charge on any atom is -0.481 e. The summed E-state index contributed by atoms with van der Waals surface area (Å²) in [6, 6.07) is -5.35. The molecule has 5 atom stereocenters. The highest BCUT2D eigenvalue weighted by Crippen LogP contribution is 2.07. The summed E-state index contributed by atoms with van der Waals surface area (Å²) in [6.45, 7) is 4.83. The molecular weight excluding hydrogens is 426 g/mol. The summed E-state index contributed by atoms with van der Waals surface area (Å²) < 4.78 is 0. The van der Waals surface area contributed by atoms with Crippen molar-refractivity contribution in [2.24, 2.45) is 17.4 Å². The fraction of sp³-hybridized carbons (Fsp3) is 0.737. The number of nitrogens with one attached hydrogen (secondary N) is 3. The van der Waals surface area contributed by atoms with E-state index < -0.39 is 72.3 Å². The Labute approximate surface area is 186 Å². The maximum Gasteiger partial charge on any atom is 0.326 e. The number of aliphatic hydroxyl groups excluding tert-OH is 1. The Hall–Kier alpha value is -2.77. The van der Waals surface area contributed by atoms with Crippen LogP contribution in [0.4, 0.5) is 0 Å². The van der Waals surface area contributed by atoms with Crippen molar-refractivity contribution in [3.05, 3.63) is 0 Å². The number of hydrogen-bond acceptors (Lipinski definition) is 8. The number of nitrogens with two attached hydrogens (primary N) is 2. The Kier molecular flexibility index (Phi) is 13.1. The summed E-state index contributed by atoms with van der Waals surface area (Å²) in [5, 5.41) is 34.7. The number of rotatable bonds is 15. The van der Waals surface area contributed by atoms with Crippen LogP contribution in [0.3, 0.4) is 0 Å². The number of aliphatic carboxylic acids is 2. The van der Waals surface area contributed by atoms with Crippen molar-refractivity contribution in [1.29, 1.82) is 0 Å². The Morgan fingerprint density at radius 1 is 0.844 bits per heavy atom. The van der Waals surface area contributed by atoms with E-state index in [0.717, 1.165) is 0 Å². The van der Waals surface area contributed by atoms with Gasteiger partial charge in [-0.2, -0.15) is 0 Å². The van der Waals surface area contributed by atoms with Gasteiger partial charge in [0.25, 0.3) is 0 Å². The van der Waals surface area contributed by atoms with Gasteiger partial charge >= 0.3 is 11.9 Å². The van der Waals surface area contributed by atoms with E-state index >= 15 is 0 Å². The number of amides is 3. The zero-order chi connectivity index (χ0) is 25.0. The number of hydrogen-bond donors (Lipinski definition) is 8. The van der Waals surface area contributed by atoms with E-state index in [0.29, 0.717) is 19.4 Å². The molecule has 0 saturated heterocycles. The Bertz CT molecular complexity index is 670. The number of carbonyl (C=O) groups is 5. The Morgan fingerprint density at radius 2 is 1.41 bits per heavy atom. The largest absolute Gasteiger partial charge is 0.481 e. The molecule has 13 heteroatoms. The van der Waals surface area contributed by atoms with Crippen LogP contribution in [0.5, 0.6) is 0 Å². The predicted molar refractivity (Wildman–Crippen MR) is 113 cm³/mol. The van der Waals surface area contributed by atoms with Crippen LogP contribution in [-0.2, 0) is 24.0 Å². The summed E-state index contributed by atoms with van der Waals surface area (Å²) in [6.07, 6.45) is -0.845. The highest BCUT2D eigenvalue weighted by atomic mass is 16.4. The first kappa shape index (κ1) is 29.2. The van der Waals surface area contributed by atoms with E-state index in [1.54, 1.807) is 13.8 Å². The van der Waals surface area contributed by atoms with Gasteiger partial charge in [-0.05, 0) is 38.6 Å². The van der Waals surface area contributed by atoms with Gasteiger partial charge in [-0.25, -0.2) is 4.79 Å². The van der Waals surface area contributed by atoms with Crippen molar-refractivity contribution in [3.63, 3.8) is 0 Å². The molecular formula is C19H35N5O8. The molecule has 13 nitrogen and oxygen atoms in total. The highest BCUT2D eigenvalue weighted by Gasteiger charge is 2.33. The molecule has 0 spiro atoms. The van der Waals surface area contributed by atoms with E-state index in [1.807, 2.05) is 0 Å². The lowest BCUT2D eigenvalue weighted by atomic mass is 10.0. The van der Waals surface area contributed by atoms with E-state index in [4.69, 9.17) is 16.6 Å². The van der Waals surface area contributed by atoms with Gasteiger partial charge in [-0.3, -0.25) is 19.2 Å². The number of carbonyl (C=O) groups excluding carboxylic acids is 3. The third-order valence-corrected chi connectivity index (χ3v) is 4.64. The molecule has 0 aromatic heterocycles. The predicted octanol–water partition coefficient (Wildman–Crippen LogP) is -2.51.